The zero-order valence-electron chi connectivity index (χ0n) is 16.4. The average Bonchev–Trinajstić information content (AvgIpc) is 2.70. The Kier molecular flexibility index (Phi) is 7.04. The van der Waals surface area contributed by atoms with Gasteiger partial charge in [-0.15, -0.1) is 0 Å². The van der Waals surface area contributed by atoms with Gasteiger partial charge in [0.15, 0.2) is 0 Å². The van der Waals surface area contributed by atoms with E-state index >= 15 is 0 Å². The van der Waals surface area contributed by atoms with Crippen molar-refractivity contribution in [1.82, 2.24) is 4.83 Å². The summed E-state index contributed by atoms with van der Waals surface area (Å²) in [6.07, 6.45) is 7.92. The molecule has 0 unspecified atom stereocenters. The zero-order chi connectivity index (χ0) is 19.8. The second-order valence-corrected chi connectivity index (χ2v) is 8.99. The van der Waals surface area contributed by atoms with Crippen LogP contribution in [-0.4, -0.2) is 20.4 Å². The van der Waals surface area contributed by atoms with Crippen LogP contribution < -0.4 is 4.83 Å². The maximum absolute atomic E-state index is 12.2. The molecule has 0 bridgehead atoms. The van der Waals surface area contributed by atoms with E-state index in [0.29, 0.717) is 6.42 Å². The molecular weight excluding hydrogens is 368 g/mol. The number of nitrogens with zero attached hydrogens (tertiary/aromatic N) is 1. The number of benzene rings is 3. The van der Waals surface area contributed by atoms with Gasteiger partial charge >= 0.3 is 0 Å². The minimum atomic E-state index is -3.40. The summed E-state index contributed by atoms with van der Waals surface area (Å²) in [6, 6.07) is 18.3. The maximum atomic E-state index is 12.2. The second-order valence-electron chi connectivity index (χ2n) is 7.17. The van der Waals surface area contributed by atoms with Gasteiger partial charge in [0.2, 0.25) is 10.0 Å². The molecule has 3 aromatic carbocycles. The molecule has 0 fully saturated rings. The highest BCUT2D eigenvalue weighted by molar-refractivity contribution is 7.89. The van der Waals surface area contributed by atoms with Gasteiger partial charge in [-0.3, -0.25) is 0 Å². The summed E-state index contributed by atoms with van der Waals surface area (Å²) in [6.45, 7) is 2.17. The Balaban J connectivity index is 1.72. The predicted octanol–water partition coefficient (Wildman–Crippen LogP) is 5.61. The summed E-state index contributed by atoms with van der Waals surface area (Å²) < 4.78 is 24.4. The number of unbranched alkanes of at least 4 members (excludes halogenated alkanes) is 5. The Hall–Kier alpha value is -2.40. The molecule has 0 heterocycles. The molecule has 3 rings (SSSR count). The van der Waals surface area contributed by atoms with E-state index in [-0.39, 0.29) is 5.75 Å². The van der Waals surface area contributed by atoms with Crippen LogP contribution >= 0.6 is 0 Å². The SMILES string of the molecule is CCCCCCCCS(=O)(=O)NN=Cc1c2ccccc2cc2ccccc12. The molecule has 148 valence electrons. The summed E-state index contributed by atoms with van der Waals surface area (Å²) in [4.78, 5) is 2.38. The van der Waals surface area contributed by atoms with Crippen LogP contribution in [0, 0.1) is 0 Å². The van der Waals surface area contributed by atoms with Crippen LogP contribution in [0.5, 0.6) is 0 Å². The number of fused-ring (bicyclic) bond motifs is 2. The number of nitrogens with one attached hydrogen (secondary N) is 1. The van der Waals surface area contributed by atoms with E-state index in [0.717, 1.165) is 39.9 Å². The molecule has 0 spiro atoms. The molecular formula is C23H28N2O2S. The topological polar surface area (TPSA) is 58.5 Å². The van der Waals surface area contributed by atoms with E-state index in [1.54, 1.807) is 6.21 Å². The van der Waals surface area contributed by atoms with E-state index in [1.165, 1.54) is 19.3 Å². The van der Waals surface area contributed by atoms with Gasteiger partial charge in [-0.25, -0.2) is 13.2 Å². The number of hydrogen-bond donors (Lipinski definition) is 1. The van der Waals surface area contributed by atoms with Crippen LogP contribution in [-0.2, 0) is 10.0 Å². The number of rotatable bonds is 10. The molecule has 0 aliphatic rings. The van der Waals surface area contributed by atoms with E-state index in [4.69, 9.17) is 0 Å². The fourth-order valence-electron chi connectivity index (χ4n) is 3.48. The molecule has 0 saturated carbocycles. The van der Waals surface area contributed by atoms with Gasteiger partial charge in [0.25, 0.3) is 0 Å². The molecule has 28 heavy (non-hydrogen) atoms. The zero-order valence-corrected chi connectivity index (χ0v) is 17.2. The Morgan fingerprint density at radius 3 is 2.07 bits per heavy atom. The van der Waals surface area contributed by atoms with Crippen molar-refractivity contribution in [3.8, 4) is 0 Å². The summed E-state index contributed by atoms with van der Waals surface area (Å²) in [5.41, 5.74) is 0.927. The lowest BCUT2D eigenvalue weighted by Gasteiger charge is -2.08. The smallest absolute Gasteiger partial charge is 0.205 e. The minimum absolute atomic E-state index is 0.118. The molecule has 0 amide bonds. The van der Waals surface area contributed by atoms with Crippen molar-refractivity contribution in [2.75, 3.05) is 5.75 Å². The van der Waals surface area contributed by atoms with Crippen molar-refractivity contribution in [2.45, 2.75) is 45.4 Å². The average molecular weight is 397 g/mol. The van der Waals surface area contributed by atoms with E-state index in [9.17, 15) is 8.42 Å². The van der Waals surface area contributed by atoms with Crippen LogP contribution in [0.25, 0.3) is 21.5 Å². The Morgan fingerprint density at radius 1 is 0.857 bits per heavy atom. The first-order chi connectivity index (χ1) is 13.6. The molecule has 1 N–H and O–H groups in total. The quantitative estimate of drug-likeness (QED) is 0.210. The molecule has 5 heteroatoms. The first kappa shape index (κ1) is 20.3. The van der Waals surface area contributed by atoms with Gasteiger partial charge in [0.1, 0.15) is 0 Å². The minimum Gasteiger partial charge on any atom is -0.205 e. The van der Waals surface area contributed by atoms with Crippen LogP contribution in [0.2, 0.25) is 0 Å². The monoisotopic (exact) mass is 396 g/mol. The van der Waals surface area contributed by atoms with Gasteiger partial charge in [-0.05, 0) is 34.0 Å². The third kappa shape index (κ3) is 5.32. The summed E-state index contributed by atoms with van der Waals surface area (Å²) in [5.74, 6) is 0.118. The first-order valence-corrected chi connectivity index (χ1v) is 11.7. The highest BCUT2D eigenvalue weighted by Gasteiger charge is 2.09. The number of hydrazone groups is 1. The number of hydrogen-bond acceptors (Lipinski definition) is 3. The highest BCUT2D eigenvalue weighted by Crippen LogP contribution is 2.27. The van der Waals surface area contributed by atoms with E-state index in [2.05, 4.69) is 35.1 Å². The van der Waals surface area contributed by atoms with E-state index < -0.39 is 10.0 Å². The standard InChI is InChI=1S/C23H28N2O2S/c1-2-3-4-5-6-11-16-28(26,27)25-24-18-23-21-14-9-7-12-19(21)17-20-13-8-10-15-22(20)23/h7-10,12-15,17-18,25H,2-6,11,16H2,1H3. The molecule has 0 aliphatic carbocycles. The Bertz CT molecular complexity index is 1000. The lowest BCUT2D eigenvalue weighted by molar-refractivity contribution is 0.573. The Labute approximate surface area is 167 Å². The van der Waals surface area contributed by atoms with Gasteiger partial charge < -0.3 is 0 Å². The third-order valence-corrected chi connectivity index (χ3v) is 6.17. The second kappa shape index (κ2) is 9.69. The maximum Gasteiger partial charge on any atom is 0.247 e. The summed E-state index contributed by atoms with van der Waals surface area (Å²) in [5, 5.41) is 8.41. The van der Waals surface area contributed by atoms with Crippen molar-refractivity contribution in [3.63, 3.8) is 0 Å². The van der Waals surface area contributed by atoms with Crippen LogP contribution in [0.4, 0.5) is 0 Å². The fourth-order valence-corrected chi connectivity index (χ4v) is 4.37. The van der Waals surface area contributed by atoms with Gasteiger partial charge in [0.05, 0.1) is 12.0 Å². The van der Waals surface area contributed by atoms with Crippen LogP contribution in [0.3, 0.4) is 0 Å². The van der Waals surface area contributed by atoms with Crippen LogP contribution in [0.15, 0.2) is 59.7 Å². The normalized spacial score (nSPS) is 12.2. The summed E-state index contributed by atoms with van der Waals surface area (Å²) in [7, 11) is -3.40. The lowest BCUT2D eigenvalue weighted by Crippen LogP contribution is -2.21. The lowest BCUT2D eigenvalue weighted by atomic mass is 9.97. The molecule has 0 radical (unpaired) electrons. The van der Waals surface area contributed by atoms with Crippen molar-refractivity contribution in [1.29, 1.82) is 0 Å². The molecule has 4 nitrogen and oxygen atoms in total. The van der Waals surface area contributed by atoms with E-state index in [1.807, 2.05) is 36.4 Å². The van der Waals surface area contributed by atoms with Crippen molar-refractivity contribution >= 4 is 37.8 Å². The van der Waals surface area contributed by atoms with Gasteiger partial charge in [-0.2, -0.15) is 5.10 Å². The van der Waals surface area contributed by atoms with Gasteiger partial charge in [-0.1, -0.05) is 87.6 Å². The molecule has 0 aliphatic heterocycles. The Morgan fingerprint density at radius 2 is 1.43 bits per heavy atom. The van der Waals surface area contributed by atoms with Crippen LogP contribution in [0.1, 0.15) is 51.0 Å². The van der Waals surface area contributed by atoms with Crippen molar-refractivity contribution in [2.24, 2.45) is 5.10 Å². The first-order valence-electron chi connectivity index (χ1n) is 10.0. The third-order valence-electron chi connectivity index (χ3n) is 4.96. The summed E-state index contributed by atoms with van der Waals surface area (Å²) >= 11 is 0. The largest absolute Gasteiger partial charge is 0.247 e. The van der Waals surface area contributed by atoms with Gasteiger partial charge in [0, 0.05) is 5.56 Å². The highest BCUT2D eigenvalue weighted by atomic mass is 32.2. The van der Waals surface area contributed by atoms with Crippen molar-refractivity contribution in [3.05, 3.63) is 60.2 Å². The number of sulfonamides is 1. The predicted molar refractivity (Wildman–Crippen MR) is 119 cm³/mol. The molecule has 0 saturated heterocycles. The fraction of sp³-hybridized carbons (Fsp3) is 0.348. The molecule has 0 aromatic heterocycles. The molecule has 0 atom stereocenters. The molecule has 3 aromatic rings. The van der Waals surface area contributed by atoms with Crippen molar-refractivity contribution < 1.29 is 8.42 Å².